The van der Waals surface area contributed by atoms with Crippen LogP contribution in [0.15, 0.2) is 36.4 Å². The largest absolute Gasteiger partial charge is 0.496 e. The highest BCUT2D eigenvalue weighted by Crippen LogP contribution is 2.28. The molecule has 12 nitrogen and oxygen atoms in total. The van der Waals surface area contributed by atoms with E-state index in [4.69, 9.17) is 30.8 Å². The van der Waals surface area contributed by atoms with Gasteiger partial charge in [-0.1, -0.05) is 18.2 Å². The van der Waals surface area contributed by atoms with E-state index in [-0.39, 0.29) is 18.2 Å². The summed E-state index contributed by atoms with van der Waals surface area (Å²) in [7, 11) is 4.78. The molecule has 0 aliphatic rings. The Kier molecular flexibility index (Phi) is 19.6. The summed E-state index contributed by atoms with van der Waals surface area (Å²) in [5.74, 6) is 1.98. The van der Waals surface area contributed by atoms with Crippen LogP contribution in [0.4, 0.5) is 4.79 Å². The van der Waals surface area contributed by atoms with Gasteiger partial charge in [0.05, 0.1) is 27.4 Å². The molecule has 12 heteroatoms. The summed E-state index contributed by atoms with van der Waals surface area (Å²) in [5.41, 5.74) is 2.29. The second-order valence-electron chi connectivity index (χ2n) is 13.9. The average molecular weight is 734 g/mol. The normalized spacial score (nSPS) is 10.8. The number of nitrogens with zero attached hydrogens (tertiary/aromatic N) is 5. The van der Waals surface area contributed by atoms with Crippen LogP contribution in [0.3, 0.4) is 0 Å². The zero-order valence-electron chi connectivity index (χ0n) is 32.9. The van der Waals surface area contributed by atoms with Gasteiger partial charge in [-0.05, 0) is 94.7 Å². The topological polar surface area (TPSA) is 126 Å². The number of carbonyl (C=O) groups excluding carboxylic acids is 3. The van der Waals surface area contributed by atoms with E-state index < -0.39 is 11.7 Å². The van der Waals surface area contributed by atoms with Crippen molar-refractivity contribution in [1.29, 1.82) is 5.26 Å². The van der Waals surface area contributed by atoms with Crippen molar-refractivity contribution in [2.75, 3.05) is 67.1 Å². The molecule has 0 bridgehead atoms. The minimum Gasteiger partial charge on any atom is -0.496 e. The Bertz CT molecular complexity index is 1540. The third-order valence-corrected chi connectivity index (χ3v) is 8.66. The number of nitriles is 1. The second-order valence-corrected chi connectivity index (χ2v) is 13.9. The zero-order valence-corrected chi connectivity index (χ0v) is 32.9. The molecular weight excluding hydrogens is 674 g/mol. The molecule has 0 spiro atoms. The maximum Gasteiger partial charge on any atom is 0.410 e. The predicted molar refractivity (Wildman–Crippen MR) is 205 cm³/mol. The second kappa shape index (κ2) is 23.6. The average Bonchev–Trinajstić information content (AvgIpc) is 3.13. The third kappa shape index (κ3) is 16.5. The van der Waals surface area contributed by atoms with Crippen molar-refractivity contribution in [1.82, 2.24) is 14.7 Å². The first-order valence-corrected chi connectivity index (χ1v) is 18.4. The van der Waals surface area contributed by atoms with Crippen LogP contribution < -0.4 is 14.2 Å². The SMILES string of the molecule is [C-]#[N+]CCCN(CCCN(CCCN(CCCC#N)C(=O)CCc1ccc(OC)c(OC)c1)C(=O)OC(C)(C)C)C(=O)CCc1ccc(C)c(OC)c1. The number of aryl methyl sites for hydroxylation is 3. The summed E-state index contributed by atoms with van der Waals surface area (Å²) >= 11 is 0. The molecule has 0 saturated heterocycles. The highest BCUT2D eigenvalue weighted by Gasteiger charge is 2.24. The van der Waals surface area contributed by atoms with E-state index in [1.165, 1.54) is 0 Å². The minimum absolute atomic E-state index is 0.00190. The molecule has 2 aromatic carbocycles. The van der Waals surface area contributed by atoms with Gasteiger partial charge in [0.15, 0.2) is 11.5 Å². The number of hydrogen-bond acceptors (Lipinski definition) is 8. The molecule has 0 atom stereocenters. The first-order valence-electron chi connectivity index (χ1n) is 18.4. The molecule has 2 rings (SSSR count). The van der Waals surface area contributed by atoms with Crippen LogP contribution in [0.2, 0.25) is 0 Å². The molecule has 0 unspecified atom stereocenters. The summed E-state index contributed by atoms with van der Waals surface area (Å²) in [6.07, 6.45) is 3.75. The lowest BCUT2D eigenvalue weighted by Gasteiger charge is -2.30. The van der Waals surface area contributed by atoms with Crippen molar-refractivity contribution in [3.05, 3.63) is 64.5 Å². The van der Waals surface area contributed by atoms with E-state index in [9.17, 15) is 14.4 Å². The van der Waals surface area contributed by atoms with Gasteiger partial charge in [-0.3, -0.25) is 9.59 Å². The fourth-order valence-electron chi connectivity index (χ4n) is 5.81. The van der Waals surface area contributed by atoms with Crippen LogP contribution in [0.25, 0.3) is 4.85 Å². The van der Waals surface area contributed by atoms with Crippen LogP contribution in [-0.2, 0) is 27.2 Å². The Balaban J connectivity index is 2.07. The maximum absolute atomic E-state index is 13.4. The number of hydrogen-bond donors (Lipinski definition) is 0. The van der Waals surface area contributed by atoms with Crippen molar-refractivity contribution in [2.45, 2.75) is 91.1 Å². The van der Waals surface area contributed by atoms with Crippen LogP contribution in [0.5, 0.6) is 17.2 Å². The number of unbranched alkanes of at least 4 members (excludes halogenated alkanes) is 1. The lowest BCUT2D eigenvalue weighted by Crippen LogP contribution is -2.41. The van der Waals surface area contributed by atoms with Gasteiger partial charge in [0, 0.05) is 65.0 Å². The lowest BCUT2D eigenvalue weighted by atomic mass is 10.1. The molecule has 290 valence electrons. The number of carbonyl (C=O) groups is 3. The number of methoxy groups -OCH3 is 3. The molecule has 0 aromatic heterocycles. The van der Waals surface area contributed by atoms with Gasteiger partial charge in [0.2, 0.25) is 18.4 Å². The van der Waals surface area contributed by atoms with E-state index in [0.717, 1.165) is 22.4 Å². The van der Waals surface area contributed by atoms with E-state index in [2.05, 4.69) is 10.9 Å². The van der Waals surface area contributed by atoms with Crippen LogP contribution in [0.1, 0.15) is 82.4 Å². The van der Waals surface area contributed by atoms with Crippen molar-refractivity contribution in [3.8, 4) is 23.3 Å². The number of amides is 3. The van der Waals surface area contributed by atoms with Crippen LogP contribution in [0, 0.1) is 24.8 Å². The van der Waals surface area contributed by atoms with Crippen LogP contribution >= 0.6 is 0 Å². The summed E-state index contributed by atoms with van der Waals surface area (Å²) in [5, 5.41) is 9.12. The zero-order chi connectivity index (χ0) is 39.2. The quantitative estimate of drug-likeness (QED) is 0.0895. The van der Waals surface area contributed by atoms with Gasteiger partial charge < -0.3 is 38.5 Å². The first-order chi connectivity index (χ1) is 25.3. The molecule has 0 aliphatic carbocycles. The molecule has 0 aliphatic heterocycles. The molecule has 3 amide bonds. The van der Waals surface area contributed by atoms with Gasteiger partial charge in [-0.25, -0.2) is 11.4 Å². The fourth-order valence-corrected chi connectivity index (χ4v) is 5.81. The maximum atomic E-state index is 13.4. The van der Waals surface area contributed by atoms with Gasteiger partial charge in [-0.15, -0.1) is 0 Å². The molecule has 0 heterocycles. The van der Waals surface area contributed by atoms with Gasteiger partial charge in [-0.2, -0.15) is 5.26 Å². The molecule has 0 fully saturated rings. The number of ether oxygens (including phenoxy) is 4. The molecule has 2 aromatic rings. The smallest absolute Gasteiger partial charge is 0.410 e. The summed E-state index contributed by atoms with van der Waals surface area (Å²) < 4.78 is 21.9. The Hall–Kier alpha value is -4.97. The van der Waals surface area contributed by atoms with Crippen molar-refractivity contribution >= 4 is 17.9 Å². The van der Waals surface area contributed by atoms with E-state index in [1.54, 1.807) is 36.0 Å². The summed E-state index contributed by atoms with van der Waals surface area (Å²) in [6.45, 7) is 17.4. The monoisotopic (exact) mass is 733 g/mol. The highest BCUT2D eigenvalue weighted by atomic mass is 16.6. The van der Waals surface area contributed by atoms with Crippen molar-refractivity contribution < 1.29 is 33.3 Å². The summed E-state index contributed by atoms with van der Waals surface area (Å²) in [4.78, 5) is 48.8. The van der Waals surface area contributed by atoms with E-state index >= 15 is 0 Å². The van der Waals surface area contributed by atoms with E-state index in [1.807, 2.05) is 64.1 Å². The van der Waals surface area contributed by atoms with Gasteiger partial charge >= 0.3 is 6.09 Å². The summed E-state index contributed by atoms with van der Waals surface area (Å²) in [6, 6.07) is 13.7. The van der Waals surface area contributed by atoms with E-state index in [0.29, 0.717) is 109 Å². The standard InChI is InChI=1S/C41H59N5O7/c1-32-14-15-33(30-36(32)51-7)17-20-39(48)45(25-11-23-43-5)27-13-29-46(40(49)53-41(2,3)4)28-12-26-44(24-10-9-22-42)38(47)21-18-34-16-19-35(50-6)37(31-34)52-8/h14-16,19,30-31H,9-13,17-18,20-21,23-29H2,1-4,6-8H3. The Morgan fingerprint density at radius 1 is 0.717 bits per heavy atom. The fraction of sp³-hybridized carbons (Fsp3) is 0.585. The predicted octanol–water partition coefficient (Wildman–Crippen LogP) is 6.87. The number of rotatable bonds is 23. The third-order valence-electron chi connectivity index (χ3n) is 8.66. The highest BCUT2D eigenvalue weighted by molar-refractivity contribution is 5.77. The van der Waals surface area contributed by atoms with Gasteiger partial charge in [0.25, 0.3) is 0 Å². The molecule has 0 radical (unpaired) electrons. The minimum atomic E-state index is -0.695. The first kappa shape index (κ1) is 44.2. The van der Waals surface area contributed by atoms with Crippen molar-refractivity contribution in [2.24, 2.45) is 0 Å². The Morgan fingerprint density at radius 2 is 1.21 bits per heavy atom. The molecular formula is C41H59N5O7. The van der Waals surface area contributed by atoms with Crippen molar-refractivity contribution in [3.63, 3.8) is 0 Å². The lowest BCUT2D eigenvalue weighted by molar-refractivity contribution is -0.132. The van der Waals surface area contributed by atoms with Crippen LogP contribution in [-0.4, -0.2) is 105 Å². The Morgan fingerprint density at radius 3 is 1.72 bits per heavy atom. The Labute approximate surface area is 316 Å². The molecule has 0 N–H and O–H groups in total. The molecule has 0 saturated carbocycles. The molecule has 53 heavy (non-hydrogen) atoms. The number of benzene rings is 2. The van der Waals surface area contributed by atoms with Gasteiger partial charge in [0.1, 0.15) is 11.4 Å².